The molecule has 0 aromatic heterocycles. The number of nitrogens with zero attached hydrogens (tertiary/aromatic N) is 2. The highest BCUT2D eigenvalue weighted by molar-refractivity contribution is 7.86. The molecule has 17 heteroatoms. The summed E-state index contributed by atoms with van der Waals surface area (Å²) in [6.45, 7) is 1.76. The minimum absolute atomic E-state index is 0.0956. The second-order valence-electron chi connectivity index (χ2n) is 14.7. The van der Waals surface area contributed by atoms with Crippen LogP contribution in [-0.2, 0) is 33.1 Å². The number of halogens is 2. The number of fused-ring (bicyclic) bond motifs is 12. The average molecular weight is 869 g/mol. The molecule has 5 aromatic rings. The zero-order chi connectivity index (χ0) is 41.3. The minimum atomic E-state index is -4.22. The van der Waals surface area contributed by atoms with Gasteiger partial charge in [-0.05, 0) is 48.6 Å². The van der Waals surface area contributed by atoms with Crippen LogP contribution < -0.4 is 24.8 Å². The van der Waals surface area contributed by atoms with Gasteiger partial charge in [0.25, 0.3) is 20.2 Å². The van der Waals surface area contributed by atoms with Crippen molar-refractivity contribution in [3.05, 3.63) is 109 Å². The summed E-state index contributed by atoms with van der Waals surface area (Å²) in [7, 11) is -8.44. The third kappa shape index (κ3) is 7.07. The van der Waals surface area contributed by atoms with Crippen molar-refractivity contribution in [2.75, 3.05) is 42.6 Å². The van der Waals surface area contributed by atoms with E-state index in [4.69, 9.17) is 27.9 Å². The van der Waals surface area contributed by atoms with Crippen LogP contribution in [-0.4, -0.2) is 85.8 Å². The van der Waals surface area contributed by atoms with E-state index < -0.39 is 54.8 Å². The summed E-state index contributed by atoms with van der Waals surface area (Å²) in [5.41, 5.74) is 2.24. The maximum Gasteiger partial charge on any atom is 0.337 e. The van der Waals surface area contributed by atoms with Crippen molar-refractivity contribution in [2.45, 2.75) is 38.5 Å². The lowest BCUT2D eigenvalue weighted by atomic mass is 9.80. The molecule has 0 spiro atoms. The van der Waals surface area contributed by atoms with E-state index in [0.717, 1.165) is 39.0 Å². The summed E-state index contributed by atoms with van der Waals surface area (Å²) in [6.07, 6.45) is 2.63. The van der Waals surface area contributed by atoms with Crippen molar-refractivity contribution in [1.29, 1.82) is 0 Å². The zero-order valence-electron chi connectivity index (χ0n) is 30.8. The molecule has 0 radical (unpaired) electrons. The Hall–Kier alpha value is -4.77. The van der Waals surface area contributed by atoms with Crippen LogP contribution in [0.1, 0.15) is 68.7 Å². The summed E-state index contributed by atoms with van der Waals surface area (Å²) in [5, 5.41) is 24.6. The molecule has 0 unspecified atom stereocenters. The molecule has 0 saturated heterocycles. The molecule has 0 bridgehead atoms. The number of benzene rings is 5. The molecule has 0 atom stereocenters. The second kappa shape index (κ2) is 15.1. The Kier molecular flexibility index (Phi) is 10.4. The first-order valence-electron chi connectivity index (χ1n) is 18.7. The molecule has 3 aliphatic rings. The first-order chi connectivity index (χ1) is 27.6. The molecular weight excluding hydrogens is 831 g/mol. The van der Waals surface area contributed by atoms with Gasteiger partial charge in [-0.25, -0.2) is 14.2 Å². The molecular formula is C41H37Cl2N2O11S2+. The van der Waals surface area contributed by atoms with Gasteiger partial charge in [-0.1, -0.05) is 65.7 Å². The summed E-state index contributed by atoms with van der Waals surface area (Å²) in [4.78, 5) is 28.1. The number of carboxylic acids is 2. The summed E-state index contributed by atoms with van der Waals surface area (Å²) < 4.78 is 75.2. The Morgan fingerprint density at radius 3 is 2.09 bits per heavy atom. The highest BCUT2D eigenvalue weighted by Crippen LogP contribution is 2.52. The largest absolute Gasteiger partial charge is 0.478 e. The Bertz CT molecular complexity index is 2990. The SMILES string of the molecule is O=C(O)c1cc(Cl)c(C(=O)O)c(C2=c3c(c4c(c5ccccc35)=[N+](CCCS(=O)(=O)O)CCC4)Oc3c4c(c5ccccc5c32)N(CCCS(=O)(=O)O)CCC4)c1Cl. The molecule has 0 amide bonds. The lowest BCUT2D eigenvalue weighted by Gasteiger charge is -2.37. The van der Waals surface area contributed by atoms with Crippen molar-refractivity contribution in [1.82, 2.24) is 4.58 Å². The smallest absolute Gasteiger partial charge is 0.337 e. The summed E-state index contributed by atoms with van der Waals surface area (Å²) >= 11 is 13.8. The number of hydrogen-bond donors (Lipinski definition) is 4. The van der Waals surface area contributed by atoms with Gasteiger partial charge >= 0.3 is 11.9 Å². The first kappa shape index (κ1) is 40.0. The molecule has 4 N–H and O–H groups in total. The Labute approximate surface area is 342 Å². The maximum absolute atomic E-state index is 13.3. The molecule has 0 aliphatic carbocycles. The van der Waals surface area contributed by atoms with Crippen LogP contribution in [0.3, 0.4) is 0 Å². The fraction of sp³-hybridized carbons (Fsp3) is 0.293. The van der Waals surface area contributed by atoms with Gasteiger partial charge in [0.05, 0.1) is 49.3 Å². The van der Waals surface area contributed by atoms with Crippen molar-refractivity contribution in [2.24, 2.45) is 0 Å². The van der Waals surface area contributed by atoms with Gasteiger partial charge in [-0.2, -0.15) is 16.8 Å². The number of carboxylic acid groups (broad SMARTS) is 2. The van der Waals surface area contributed by atoms with Crippen LogP contribution in [0.25, 0.3) is 27.1 Å². The number of hydrogen-bond acceptors (Lipinski definition) is 8. The number of ether oxygens (including phenoxy) is 1. The molecule has 58 heavy (non-hydrogen) atoms. The zero-order valence-corrected chi connectivity index (χ0v) is 33.9. The van der Waals surface area contributed by atoms with Gasteiger partial charge < -0.3 is 19.8 Å². The summed E-state index contributed by atoms with van der Waals surface area (Å²) in [6, 6.07) is 16.0. The van der Waals surface area contributed by atoms with E-state index in [1.54, 1.807) is 0 Å². The number of aromatic carboxylic acids is 2. The standard InChI is InChI=1S/C41H36Cl2N2O11S2/c42-29-21-28(40(46)47)35(43)34(32(29)41(48)49)33-30-22-9-1-3-11-24(22)36-26(13-5-15-44(36)17-7-19-57(50,51)52)38(30)56-39-27-14-6-16-45(18-8-20-58(53,54)55)37(27)25-12-4-2-10-23(25)31(33)39/h1-4,9-12,21H,5-8,13-20H2,(H3-,46,47,48,49,50,51,52,53,54,55)/p+1. The second-order valence-corrected chi connectivity index (χ2v) is 18.6. The lowest BCUT2D eigenvalue weighted by molar-refractivity contribution is 0.0681. The molecule has 8 rings (SSSR count). The number of carbonyl (C=O) groups is 2. The Morgan fingerprint density at radius 2 is 1.41 bits per heavy atom. The van der Waals surface area contributed by atoms with Gasteiger partial charge in [0.1, 0.15) is 24.6 Å². The predicted molar refractivity (Wildman–Crippen MR) is 221 cm³/mol. The highest BCUT2D eigenvalue weighted by Gasteiger charge is 2.38. The van der Waals surface area contributed by atoms with Crippen LogP contribution in [0.15, 0.2) is 54.6 Å². The van der Waals surface area contributed by atoms with E-state index in [2.05, 4.69) is 9.48 Å². The van der Waals surface area contributed by atoms with Crippen LogP contribution in [0.5, 0.6) is 11.5 Å². The Balaban J connectivity index is 1.57. The molecule has 0 fully saturated rings. The molecule has 0 saturated carbocycles. The summed E-state index contributed by atoms with van der Waals surface area (Å²) in [5.74, 6) is -2.89. The van der Waals surface area contributed by atoms with E-state index in [-0.39, 0.29) is 28.5 Å². The van der Waals surface area contributed by atoms with Crippen molar-refractivity contribution >= 4 is 88.2 Å². The number of rotatable bonds is 11. The van der Waals surface area contributed by atoms with E-state index >= 15 is 0 Å². The average Bonchev–Trinajstić information content (AvgIpc) is 3.16. The fourth-order valence-electron chi connectivity index (χ4n) is 8.95. The van der Waals surface area contributed by atoms with Crippen molar-refractivity contribution < 1.29 is 50.5 Å². The number of anilines is 1. The van der Waals surface area contributed by atoms with E-state index in [1.807, 2.05) is 48.5 Å². The first-order valence-corrected chi connectivity index (χ1v) is 22.6. The molecule has 302 valence electrons. The predicted octanol–water partition coefficient (Wildman–Crippen LogP) is 5.79. The van der Waals surface area contributed by atoms with Gasteiger partial charge in [0, 0.05) is 58.8 Å². The third-order valence-corrected chi connectivity index (χ3v) is 13.4. The van der Waals surface area contributed by atoms with E-state index in [0.29, 0.717) is 90.5 Å². The molecule has 13 nitrogen and oxygen atoms in total. The van der Waals surface area contributed by atoms with Crippen LogP contribution in [0, 0.1) is 0 Å². The molecule has 3 heterocycles. The van der Waals surface area contributed by atoms with E-state index in [9.17, 15) is 45.7 Å². The molecule has 3 aliphatic heterocycles. The van der Waals surface area contributed by atoms with Crippen LogP contribution >= 0.6 is 23.2 Å². The van der Waals surface area contributed by atoms with E-state index in [1.165, 1.54) is 0 Å². The fourth-order valence-corrected chi connectivity index (χ4v) is 10.5. The van der Waals surface area contributed by atoms with Gasteiger partial charge in [-0.3, -0.25) is 9.11 Å². The van der Waals surface area contributed by atoms with Gasteiger partial charge in [0.2, 0.25) is 5.36 Å². The quantitative estimate of drug-likeness (QED) is 0.0904. The van der Waals surface area contributed by atoms with Gasteiger partial charge in [0.15, 0.2) is 0 Å². The van der Waals surface area contributed by atoms with Gasteiger partial charge in [-0.15, -0.1) is 0 Å². The maximum atomic E-state index is 13.3. The highest BCUT2D eigenvalue weighted by atomic mass is 35.5. The monoisotopic (exact) mass is 867 g/mol. The van der Waals surface area contributed by atoms with Crippen molar-refractivity contribution in [3.63, 3.8) is 0 Å². The molecule has 5 aromatic carbocycles. The topological polar surface area (TPSA) is 199 Å². The van der Waals surface area contributed by atoms with Crippen LogP contribution in [0.2, 0.25) is 10.0 Å². The Morgan fingerprint density at radius 1 is 0.776 bits per heavy atom. The minimum Gasteiger partial charge on any atom is -0.478 e. The van der Waals surface area contributed by atoms with Crippen LogP contribution in [0.4, 0.5) is 5.69 Å². The third-order valence-electron chi connectivity index (χ3n) is 11.1. The normalized spacial score (nSPS) is 15.1. The lowest BCUT2D eigenvalue weighted by Crippen LogP contribution is -2.41. The van der Waals surface area contributed by atoms with Crippen molar-refractivity contribution in [3.8, 4) is 11.5 Å².